The van der Waals surface area contributed by atoms with Crippen LogP contribution in [0.1, 0.15) is 21.9 Å². The number of rotatable bonds is 12. The molecule has 1 amide bonds. The lowest BCUT2D eigenvalue weighted by atomic mass is 9.93. The minimum Gasteiger partial charge on any atom is -0.369 e. The summed E-state index contributed by atoms with van der Waals surface area (Å²) < 4.78 is 1.85. The number of primary amides is 1. The molecule has 0 bridgehead atoms. The van der Waals surface area contributed by atoms with Gasteiger partial charge in [-0.25, -0.2) is 14.5 Å². The number of carbonyl (C=O) groups is 1. The van der Waals surface area contributed by atoms with Crippen LogP contribution < -0.4 is 16.4 Å². The molecule has 6 aromatic rings. The molecule has 0 aliphatic heterocycles. The van der Waals surface area contributed by atoms with Crippen LogP contribution in [0.25, 0.3) is 28.0 Å². The van der Waals surface area contributed by atoms with Crippen molar-refractivity contribution in [3.05, 3.63) is 119 Å². The van der Waals surface area contributed by atoms with Crippen LogP contribution in [0.15, 0.2) is 103 Å². The van der Waals surface area contributed by atoms with Gasteiger partial charge in [0.15, 0.2) is 0 Å². The monoisotopic (exact) mass is 602 g/mol. The number of nitrogens with two attached hydrogens (primary N) is 1. The van der Waals surface area contributed by atoms with Gasteiger partial charge in [-0.2, -0.15) is 5.10 Å². The highest BCUT2D eigenvalue weighted by Crippen LogP contribution is 2.37. The number of pyridine rings is 1. The molecule has 9 nitrogen and oxygen atoms in total. The molecule has 1 atom stereocenters. The lowest BCUT2D eigenvalue weighted by molar-refractivity contribution is -0.118. The van der Waals surface area contributed by atoms with Gasteiger partial charge in [-0.3, -0.25) is 4.79 Å². The number of hydrogen-bond donors (Lipinski definition) is 3. The Kier molecular flexibility index (Phi) is 8.74. The summed E-state index contributed by atoms with van der Waals surface area (Å²) in [5.74, 6) is -0.439. The molecule has 4 N–H and O–H groups in total. The summed E-state index contributed by atoms with van der Waals surface area (Å²) in [6, 6.07) is 27.8. The smallest absolute Gasteiger partial charge is 0.230 e. The molecule has 0 aliphatic rings. The SMILES string of the molecule is CN(C)CCNCc1cccc(Nc2nccc(-c3c(-c4cccc(C(C(N)=O)c5cccs5)c4)nn4ccccc34)n2)c1. The lowest BCUT2D eigenvalue weighted by Crippen LogP contribution is -2.26. The first-order valence-corrected chi connectivity index (χ1v) is 15.3. The van der Waals surface area contributed by atoms with Gasteiger partial charge in [-0.1, -0.05) is 42.5 Å². The van der Waals surface area contributed by atoms with Crippen LogP contribution in [0.3, 0.4) is 0 Å². The number of nitrogens with zero attached hydrogens (tertiary/aromatic N) is 5. The highest BCUT2D eigenvalue weighted by Gasteiger charge is 2.24. The fourth-order valence-corrected chi connectivity index (χ4v) is 6.08. The third-order valence-corrected chi connectivity index (χ3v) is 8.24. The Morgan fingerprint density at radius 3 is 2.73 bits per heavy atom. The predicted octanol–water partition coefficient (Wildman–Crippen LogP) is 5.53. The van der Waals surface area contributed by atoms with Crippen LogP contribution in [0, 0.1) is 0 Å². The molecule has 0 saturated carbocycles. The first-order chi connectivity index (χ1) is 21.5. The molecule has 4 heterocycles. The molecular formula is C34H34N8OS. The Bertz CT molecular complexity index is 1880. The Balaban J connectivity index is 1.33. The molecule has 1 unspecified atom stereocenters. The van der Waals surface area contributed by atoms with E-state index in [2.05, 4.69) is 46.7 Å². The van der Waals surface area contributed by atoms with Crippen LogP contribution in [0.4, 0.5) is 11.6 Å². The van der Waals surface area contributed by atoms with Crippen molar-refractivity contribution in [1.29, 1.82) is 0 Å². The van der Waals surface area contributed by atoms with E-state index in [0.29, 0.717) is 5.95 Å². The van der Waals surface area contributed by atoms with E-state index < -0.39 is 5.92 Å². The largest absolute Gasteiger partial charge is 0.369 e. The zero-order valence-electron chi connectivity index (χ0n) is 24.6. The zero-order chi connectivity index (χ0) is 30.5. The third-order valence-electron chi connectivity index (χ3n) is 7.31. The van der Waals surface area contributed by atoms with Gasteiger partial charge in [0.1, 0.15) is 5.69 Å². The van der Waals surface area contributed by atoms with Crippen molar-refractivity contribution in [2.24, 2.45) is 5.73 Å². The topological polar surface area (TPSA) is 113 Å². The fraction of sp³-hybridized carbons (Fsp3) is 0.176. The lowest BCUT2D eigenvalue weighted by Gasteiger charge is -2.13. The minimum atomic E-state index is -0.538. The molecule has 6 rings (SSSR count). The predicted molar refractivity (Wildman–Crippen MR) is 177 cm³/mol. The number of thiophene rings is 1. The summed E-state index contributed by atoms with van der Waals surface area (Å²) in [6.07, 6.45) is 3.67. The second kappa shape index (κ2) is 13.2. The summed E-state index contributed by atoms with van der Waals surface area (Å²) in [6.45, 7) is 2.67. The molecule has 0 spiro atoms. The Hall–Kier alpha value is -4.90. The Morgan fingerprint density at radius 2 is 1.91 bits per heavy atom. The van der Waals surface area contributed by atoms with E-state index in [1.165, 1.54) is 16.9 Å². The fourth-order valence-electron chi connectivity index (χ4n) is 5.22. The van der Waals surface area contributed by atoms with E-state index in [9.17, 15) is 4.79 Å². The van der Waals surface area contributed by atoms with Crippen LogP contribution >= 0.6 is 11.3 Å². The molecule has 222 valence electrons. The quantitative estimate of drug-likeness (QED) is 0.158. The summed E-state index contributed by atoms with van der Waals surface area (Å²) in [4.78, 5) is 25.1. The Labute approximate surface area is 260 Å². The summed E-state index contributed by atoms with van der Waals surface area (Å²) in [7, 11) is 4.14. The van der Waals surface area contributed by atoms with Gasteiger partial charge in [0, 0.05) is 48.2 Å². The molecule has 2 aromatic carbocycles. The van der Waals surface area contributed by atoms with Crippen molar-refractivity contribution in [2.45, 2.75) is 12.5 Å². The second-order valence-electron chi connectivity index (χ2n) is 10.8. The molecule has 4 aromatic heterocycles. The number of benzene rings is 2. The standard InChI is InChI=1S/C34H34N8OS/c1-41(2)18-16-36-22-23-8-5-11-26(20-23)38-34-37-15-14-27(39-34)31-28-12-3-4-17-42(28)40-32(31)25-10-6-9-24(21-25)30(33(35)43)29-13-7-19-44-29/h3-15,17,19-21,30,36H,16,18,22H2,1-2H3,(H2,35,43)(H,37,38,39). The van der Waals surface area contributed by atoms with Crippen molar-refractivity contribution >= 4 is 34.4 Å². The molecule has 10 heteroatoms. The maximum absolute atomic E-state index is 12.6. The van der Waals surface area contributed by atoms with Crippen LogP contribution in [-0.2, 0) is 11.3 Å². The van der Waals surface area contributed by atoms with Gasteiger partial charge in [-0.05, 0) is 73.1 Å². The van der Waals surface area contributed by atoms with E-state index in [1.807, 2.05) is 88.9 Å². The first-order valence-electron chi connectivity index (χ1n) is 14.4. The van der Waals surface area contributed by atoms with E-state index in [-0.39, 0.29) is 5.91 Å². The average molecular weight is 603 g/mol. The molecule has 0 fully saturated rings. The number of hydrogen-bond acceptors (Lipinski definition) is 8. The van der Waals surface area contributed by atoms with Crippen molar-refractivity contribution < 1.29 is 4.79 Å². The Morgan fingerprint density at radius 1 is 1.02 bits per heavy atom. The van der Waals surface area contributed by atoms with Crippen LogP contribution in [0.5, 0.6) is 0 Å². The van der Waals surface area contributed by atoms with Gasteiger partial charge in [0.2, 0.25) is 11.9 Å². The summed E-state index contributed by atoms with van der Waals surface area (Å²) in [5, 5.41) is 13.8. The summed E-state index contributed by atoms with van der Waals surface area (Å²) in [5.41, 5.74) is 12.9. The highest BCUT2D eigenvalue weighted by molar-refractivity contribution is 7.10. The van der Waals surface area contributed by atoms with Gasteiger partial charge >= 0.3 is 0 Å². The van der Waals surface area contributed by atoms with Crippen molar-refractivity contribution in [1.82, 2.24) is 29.8 Å². The van der Waals surface area contributed by atoms with Gasteiger partial charge < -0.3 is 21.3 Å². The number of aromatic nitrogens is 4. The van der Waals surface area contributed by atoms with Crippen molar-refractivity contribution in [3.8, 4) is 22.5 Å². The van der Waals surface area contributed by atoms with E-state index in [4.69, 9.17) is 15.8 Å². The average Bonchev–Trinajstić information content (AvgIpc) is 3.68. The van der Waals surface area contributed by atoms with Crippen molar-refractivity contribution in [2.75, 3.05) is 32.5 Å². The zero-order valence-corrected chi connectivity index (χ0v) is 25.5. The molecule has 0 saturated heterocycles. The third kappa shape index (κ3) is 6.52. The number of amides is 1. The number of fused-ring (bicyclic) bond motifs is 1. The number of carbonyl (C=O) groups excluding carboxylic acids is 1. The first kappa shape index (κ1) is 29.2. The van der Waals surface area contributed by atoms with Crippen molar-refractivity contribution in [3.63, 3.8) is 0 Å². The van der Waals surface area contributed by atoms with E-state index in [0.717, 1.165) is 63.8 Å². The minimum absolute atomic E-state index is 0.389. The molecular weight excluding hydrogens is 568 g/mol. The maximum atomic E-state index is 12.6. The van der Waals surface area contributed by atoms with E-state index in [1.54, 1.807) is 6.20 Å². The van der Waals surface area contributed by atoms with Gasteiger partial charge in [0.25, 0.3) is 0 Å². The van der Waals surface area contributed by atoms with Crippen LogP contribution in [0.2, 0.25) is 0 Å². The highest BCUT2D eigenvalue weighted by atomic mass is 32.1. The molecule has 0 aliphatic carbocycles. The number of nitrogens with one attached hydrogen (secondary N) is 2. The molecule has 44 heavy (non-hydrogen) atoms. The molecule has 0 radical (unpaired) electrons. The maximum Gasteiger partial charge on any atom is 0.230 e. The van der Waals surface area contributed by atoms with E-state index >= 15 is 0 Å². The van der Waals surface area contributed by atoms with Gasteiger partial charge in [-0.15, -0.1) is 11.3 Å². The van der Waals surface area contributed by atoms with Gasteiger partial charge in [0.05, 0.1) is 22.7 Å². The normalized spacial score (nSPS) is 12.1. The number of anilines is 2. The second-order valence-corrected chi connectivity index (χ2v) is 11.8. The number of likely N-dealkylation sites (N-methyl/N-ethyl adjacent to an activating group) is 1. The van der Waals surface area contributed by atoms with Crippen LogP contribution in [-0.4, -0.2) is 57.6 Å². The summed E-state index contributed by atoms with van der Waals surface area (Å²) >= 11 is 1.52.